The summed E-state index contributed by atoms with van der Waals surface area (Å²) in [5, 5.41) is 10.7. The molecule has 0 amide bonds. The fraction of sp³-hybridized carbons (Fsp3) is 0.333. The summed E-state index contributed by atoms with van der Waals surface area (Å²) in [6, 6.07) is 12.4. The van der Waals surface area contributed by atoms with Gasteiger partial charge in [-0.1, -0.05) is 29.8 Å². The Labute approximate surface area is 150 Å². The molecule has 0 atom stereocenters. The molecule has 0 radical (unpaired) electrons. The Hall–Kier alpha value is -1.92. The zero-order valence-electron chi connectivity index (χ0n) is 13.9. The standard InChI is InChI=1S/C18H21BrN2O3/c1-3-20(4-2)12-15-11-16(19)7-10-18(15)24-13-14-5-8-17(9-6-14)21(22)23/h5-11H,3-4,12-13H2,1-2H3. The number of nitrogens with zero attached hydrogens (tertiary/aromatic N) is 2. The van der Waals surface area contributed by atoms with Gasteiger partial charge in [0.2, 0.25) is 0 Å². The lowest BCUT2D eigenvalue weighted by atomic mass is 10.1. The number of benzene rings is 2. The van der Waals surface area contributed by atoms with Crippen LogP contribution in [0, 0.1) is 10.1 Å². The van der Waals surface area contributed by atoms with E-state index in [4.69, 9.17) is 4.74 Å². The van der Waals surface area contributed by atoms with Crippen molar-refractivity contribution in [1.82, 2.24) is 4.90 Å². The SMILES string of the molecule is CCN(CC)Cc1cc(Br)ccc1OCc1ccc([N+](=O)[O-])cc1. The van der Waals surface area contributed by atoms with Crippen molar-refractivity contribution in [3.05, 3.63) is 68.2 Å². The molecule has 0 saturated carbocycles. The lowest BCUT2D eigenvalue weighted by Crippen LogP contribution is -2.22. The average molecular weight is 393 g/mol. The van der Waals surface area contributed by atoms with Crippen LogP contribution in [0.1, 0.15) is 25.0 Å². The number of rotatable bonds is 8. The van der Waals surface area contributed by atoms with Crippen LogP contribution in [0.2, 0.25) is 0 Å². The van der Waals surface area contributed by atoms with Crippen LogP contribution < -0.4 is 4.74 Å². The van der Waals surface area contributed by atoms with Gasteiger partial charge in [-0.25, -0.2) is 0 Å². The third-order valence-corrected chi connectivity index (χ3v) is 4.35. The number of hydrogen-bond donors (Lipinski definition) is 0. The summed E-state index contributed by atoms with van der Waals surface area (Å²) in [5.74, 6) is 0.837. The van der Waals surface area contributed by atoms with Crippen molar-refractivity contribution >= 4 is 21.6 Å². The number of hydrogen-bond acceptors (Lipinski definition) is 4. The van der Waals surface area contributed by atoms with Gasteiger partial charge in [-0.15, -0.1) is 0 Å². The minimum Gasteiger partial charge on any atom is -0.489 e. The maximum atomic E-state index is 10.7. The Balaban J connectivity index is 2.09. The van der Waals surface area contributed by atoms with Crippen molar-refractivity contribution in [2.75, 3.05) is 13.1 Å². The maximum Gasteiger partial charge on any atom is 0.269 e. The molecular formula is C18H21BrN2O3. The van der Waals surface area contributed by atoms with Crippen molar-refractivity contribution in [2.24, 2.45) is 0 Å². The maximum absolute atomic E-state index is 10.7. The van der Waals surface area contributed by atoms with Gasteiger partial charge in [0.15, 0.2) is 0 Å². The molecule has 0 spiro atoms. The third kappa shape index (κ3) is 5.04. The Bertz CT molecular complexity index is 685. The summed E-state index contributed by atoms with van der Waals surface area (Å²) in [7, 11) is 0. The van der Waals surface area contributed by atoms with Crippen molar-refractivity contribution in [2.45, 2.75) is 27.0 Å². The van der Waals surface area contributed by atoms with E-state index in [2.05, 4.69) is 40.7 Å². The zero-order valence-corrected chi connectivity index (χ0v) is 15.5. The molecule has 0 aliphatic rings. The second-order valence-electron chi connectivity index (χ2n) is 5.43. The predicted octanol–water partition coefficient (Wildman–Crippen LogP) is 4.78. The van der Waals surface area contributed by atoms with E-state index in [0.29, 0.717) is 6.61 Å². The molecule has 2 aromatic carbocycles. The van der Waals surface area contributed by atoms with E-state index in [9.17, 15) is 10.1 Å². The van der Waals surface area contributed by atoms with Crippen LogP contribution in [0.15, 0.2) is 46.9 Å². The number of non-ortho nitro benzene ring substituents is 1. The van der Waals surface area contributed by atoms with E-state index in [-0.39, 0.29) is 5.69 Å². The largest absolute Gasteiger partial charge is 0.489 e. The summed E-state index contributed by atoms with van der Waals surface area (Å²) >= 11 is 3.51. The molecule has 0 unspecified atom stereocenters. The number of ether oxygens (including phenoxy) is 1. The quantitative estimate of drug-likeness (QED) is 0.479. The van der Waals surface area contributed by atoms with Crippen LogP contribution in [-0.4, -0.2) is 22.9 Å². The van der Waals surface area contributed by atoms with Gasteiger partial charge in [0.1, 0.15) is 12.4 Å². The Morgan fingerprint density at radius 2 is 1.79 bits per heavy atom. The van der Waals surface area contributed by atoms with Crippen molar-refractivity contribution in [3.63, 3.8) is 0 Å². The summed E-state index contributed by atoms with van der Waals surface area (Å²) in [5.41, 5.74) is 2.11. The first-order valence-electron chi connectivity index (χ1n) is 7.90. The van der Waals surface area contributed by atoms with Gasteiger partial charge in [-0.2, -0.15) is 0 Å². The van der Waals surface area contributed by atoms with Crippen molar-refractivity contribution in [1.29, 1.82) is 0 Å². The summed E-state index contributed by atoms with van der Waals surface area (Å²) in [6.45, 7) is 7.43. The molecule has 0 aliphatic heterocycles. The highest BCUT2D eigenvalue weighted by Gasteiger charge is 2.10. The summed E-state index contributed by atoms with van der Waals surface area (Å²) in [4.78, 5) is 12.6. The molecule has 5 nitrogen and oxygen atoms in total. The lowest BCUT2D eigenvalue weighted by Gasteiger charge is -2.20. The molecule has 2 aromatic rings. The van der Waals surface area contributed by atoms with Crippen LogP contribution in [0.25, 0.3) is 0 Å². The van der Waals surface area contributed by atoms with Gasteiger partial charge >= 0.3 is 0 Å². The van der Waals surface area contributed by atoms with Gasteiger partial charge in [-0.3, -0.25) is 15.0 Å². The number of nitro benzene ring substituents is 1. The van der Waals surface area contributed by atoms with Gasteiger partial charge in [0.25, 0.3) is 5.69 Å². The molecule has 0 bridgehead atoms. The van der Waals surface area contributed by atoms with Crippen LogP contribution in [0.5, 0.6) is 5.75 Å². The lowest BCUT2D eigenvalue weighted by molar-refractivity contribution is -0.384. The number of halogens is 1. The third-order valence-electron chi connectivity index (χ3n) is 3.85. The van der Waals surface area contributed by atoms with E-state index in [1.807, 2.05) is 12.1 Å². The van der Waals surface area contributed by atoms with E-state index in [1.165, 1.54) is 12.1 Å². The van der Waals surface area contributed by atoms with Crippen molar-refractivity contribution < 1.29 is 9.66 Å². The first kappa shape index (κ1) is 18.4. The van der Waals surface area contributed by atoms with Crippen LogP contribution in [0.4, 0.5) is 5.69 Å². The van der Waals surface area contributed by atoms with Gasteiger partial charge < -0.3 is 4.74 Å². The highest BCUT2D eigenvalue weighted by molar-refractivity contribution is 9.10. The van der Waals surface area contributed by atoms with Gasteiger partial charge in [-0.05, 0) is 49.0 Å². The topological polar surface area (TPSA) is 55.6 Å². The predicted molar refractivity (Wildman–Crippen MR) is 98.2 cm³/mol. The fourth-order valence-corrected chi connectivity index (χ4v) is 2.78. The molecule has 0 aliphatic carbocycles. The smallest absolute Gasteiger partial charge is 0.269 e. The highest BCUT2D eigenvalue weighted by atomic mass is 79.9. The van der Waals surface area contributed by atoms with E-state index in [1.54, 1.807) is 12.1 Å². The first-order valence-corrected chi connectivity index (χ1v) is 8.69. The molecule has 24 heavy (non-hydrogen) atoms. The molecule has 6 heteroatoms. The normalized spacial score (nSPS) is 10.8. The summed E-state index contributed by atoms with van der Waals surface area (Å²) < 4.78 is 6.97. The summed E-state index contributed by atoms with van der Waals surface area (Å²) in [6.07, 6.45) is 0. The molecule has 0 fully saturated rings. The fourth-order valence-electron chi connectivity index (χ4n) is 2.38. The molecule has 0 heterocycles. The van der Waals surface area contributed by atoms with Crippen LogP contribution in [-0.2, 0) is 13.2 Å². The molecule has 0 aromatic heterocycles. The Morgan fingerprint density at radius 3 is 2.38 bits per heavy atom. The molecule has 128 valence electrons. The van der Waals surface area contributed by atoms with Crippen molar-refractivity contribution in [3.8, 4) is 5.75 Å². The van der Waals surface area contributed by atoms with Gasteiger partial charge in [0.05, 0.1) is 4.92 Å². The Morgan fingerprint density at radius 1 is 1.12 bits per heavy atom. The Kier molecular flexibility index (Phi) is 6.75. The van der Waals surface area contributed by atoms with Crippen LogP contribution >= 0.6 is 15.9 Å². The van der Waals surface area contributed by atoms with E-state index in [0.717, 1.165) is 41.0 Å². The zero-order chi connectivity index (χ0) is 17.5. The monoisotopic (exact) mass is 392 g/mol. The van der Waals surface area contributed by atoms with Crippen LogP contribution in [0.3, 0.4) is 0 Å². The second kappa shape index (κ2) is 8.80. The molecule has 0 N–H and O–H groups in total. The van der Waals surface area contributed by atoms with Gasteiger partial charge in [0, 0.05) is 28.7 Å². The first-order chi connectivity index (χ1) is 11.5. The second-order valence-corrected chi connectivity index (χ2v) is 6.34. The van der Waals surface area contributed by atoms with E-state index >= 15 is 0 Å². The minimum atomic E-state index is -0.401. The average Bonchev–Trinajstić information content (AvgIpc) is 2.59. The van der Waals surface area contributed by atoms with E-state index < -0.39 is 4.92 Å². The highest BCUT2D eigenvalue weighted by Crippen LogP contribution is 2.26. The number of nitro groups is 1. The minimum absolute atomic E-state index is 0.0876. The molecular weight excluding hydrogens is 372 g/mol. The molecule has 2 rings (SSSR count). The molecule has 0 saturated heterocycles.